The van der Waals surface area contributed by atoms with E-state index in [0.29, 0.717) is 13.2 Å². The highest BCUT2D eigenvalue weighted by Gasteiger charge is 2.52. The lowest BCUT2D eigenvalue weighted by atomic mass is 9.85. The van der Waals surface area contributed by atoms with Gasteiger partial charge in [0, 0.05) is 20.0 Å². The van der Waals surface area contributed by atoms with Gasteiger partial charge in [-0.3, -0.25) is 0 Å². The van der Waals surface area contributed by atoms with Gasteiger partial charge in [-0.25, -0.2) is 0 Å². The van der Waals surface area contributed by atoms with Crippen molar-refractivity contribution in [2.24, 2.45) is 0 Å². The van der Waals surface area contributed by atoms with Crippen LogP contribution in [-0.2, 0) is 28.4 Å². The molecule has 2 saturated heterocycles. The molecule has 6 heteroatoms. The van der Waals surface area contributed by atoms with E-state index in [0.717, 1.165) is 37.7 Å². The molecule has 0 aromatic heterocycles. The predicted molar refractivity (Wildman–Crippen MR) is 114 cm³/mol. The van der Waals surface area contributed by atoms with Gasteiger partial charge in [0.15, 0.2) is 5.79 Å². The van der Waals surface area contributed by atoms with Crippen molar-refractivity contribution < 1.29 is 28.4 Å². The minimum Gasteiger partial charge on any atom is -0.368 e. The molecule has 0 aliphatic carbocycles. The lowest BCUT2D eigenvalue weighted by Crippen LogP contribution is -2.42. The first-order valence-electron chi connectivity index (χ1n) is 11.0. The minimum absolute atomic E-state index is 0.0129. The van der Waals surface area contributed by atoms with Crippen LogP contribution in [0.25, 0.3) is 0 Å². The Morgan fingerprint density at radius 1 is 1.13 bits per heavy atom. The summed E-state index contributed by atoms with van der Waals surface area (Å²) < 4.78 is 36.1. The molecule has 30 heavy (non-hydrogen) atoms. The SMILES string of the molecule is COCO[C@]1(C)C[C@H]2/C=C(\C)COCC#CCC[C@@H]3OC(C)(C)O[C@@]3(C)CC[C@@H]1O2. The quantitative estimate of drug-likeness (QED) is 0.390. The molecule has 0 saturated carbocycles. The Balaban J connectivity index is 1.82. The number of rotatable bonds is 3. The molecule has 3 aliphatic rings. The van der Waals surface area contributed by atoms with E-state index in [4.69, 9.17) is 28.4 Å². The number of fused-ring (bicyclic) bond motifs is 3. The van der Waals surface area contributed by atoms with Gasteiger partial charge >= 0.3 is 0 Å². The minimum atomic E-state index is -0.604. The van der Waals surface area contributed by atoms with Gasteiger partial charge < -0.3 is 28.4 Å². The predicted octanol–water partition coefficient (Wildman–Crippen LogP) is 3.97. The molecule has 3 rings (SSSR count). The highest BCUT2D eigenvalue weighted by atomic mass is 16.8. The topological polar surface area (TPSA) is 55.4 Å². The van der Waals surface area contributed by atoms with Crippen molar-refractivity contribution in [3.63, 3.8) is 0 Å². The van der Waals surface area contributed by atoms with E-state index >= 15 is 0 Å². The van der Waals surface area contributed by atoms with Gasteiger partial charge in [0.2, 0.25) is 0 Å². The van der Waals surface area contributed by atoms with Gasteiger partial charge in [0.05, 0.1) is 36.1 Å². The molecule has 3 heterocycles. The second-order valence-corrected chi connectivity index (χ2v) is 9.59. The van der Waals surface area contributed by atoms with Crippen LogP contribution in [-0.4, -0.2) is 62.4 Å². The van der Waals surface area contributed by atoms with Crippen LogP contribution >= 0.6 is 0 Å². The van der Waals surface area contributed by atoms with Crippen LogP contribution in [0, 0.1) is 11.8 Å². The fraction of sp³-hybridized carbons (Fsp3) is 0.833. The van der Waals surface area contributed by atoms with Crippen LogP contribution < -0.4 is 0 Å². The Morgan fingerprint density at radius 3 is 2.70 bits per heavy atom. The summed E-state index contributed by atoms with van der Waals surface area (Å²) in [6.07, 6.45) is 6.08. The normalized spacial score (nSPS) is 41.4. The highest BCUT2D eigenvalue weighted by molar-refractivity contribution is 5.10. The molecule has 170 valence electrons. The molecule has 0 N–H and O–H groups in total. The zero-order chi connectivity index (χ0) is 21.8. The lowest BCUT2D eigenvalue weighted by molar-refractivity contribution is -0.167. The van der Waals surface area contributed by atoms with Crippen molar-refractivity contribution >= 4 is 0 Å². The standard InChI is InChI=1S/C24H38O6/c1-18-14-19-15-24(5,27-17-25-6)20(28-19)11-12-23(4)21(29-22(2,3)30-23)10-8-7-9-13-26-16-18/h14,19-21H,8,10-13,15-17H2,1-6H3/b18-14+/t19-,20+,21+,23+,24-/m1/s1. The molecule has 0 aromatic carbocycles. The largest absolute Gasteiger partial charge is 0.368 e. The van der Waals surface area contributed by atoms with Gasteiger partial charge in [-0.15, -0.1) is 5.92 Å². The third-order valence-electron chi connectivity index (χ3n) is 6.25. The molecule has 3 aliphatic heterocycles. The Kier molecular flexibility index (Phi) is 7.66. The van der Waals surface area contributed by atoms with Crippen LogP contribution in [0.4, 0.5) is 0 Å². The summed E-state index contributed by atoms with van der Waals surface area (Å²) >= 11 is 0. The van der Waals surface area contributed by atoms with Gasteiger partial charge in [0.1, 0.15) is 13.4 Å². The molecular weight excluding hydrogens is 384 g/mol. The molecule has 0 amide bonds. The van der Waals surface area contributed by atoms with Crippen molar-refractivity contribution in [1.82, 2.24) is 0 Å². The van der Waals surface area contributed by atoms with E-state index in [1.54, 1.807) is 7.11 Å². The maximum absolute atomic E-state index is 6.45. The molecule has 6 nitrogen and oxygen atoms in total. The Labute approximate surface area is 181 Å². The summed E-state index contributed by atoms with van der Waals surface area (Å²) in [5.74, 6) is 5.72. The third kappa shape index (κ3) is 5.85. The second kappa shape index (κ2) is 9.68. The smallest absolute Gasteiger partial charge is 0.164 e. The van der Waals surface area contributed by atoms with Gasteiger partial charge in [-0.1, -0.05) is 12.0 Å². The van der Waals surface area contributed by atoms with E-state index in [1.807, 2.05) is 13.8 Å². The molecule has 0 radical (unpaired) electrons. The Hall–Kier alpha value is -0.940. The first kappa shape index (κ1) is 23.7. The number of hydrogen-bond donors (Lipinski definition) is 0. The van der Waals surface area contributed by atoms with Crippen molar-refractivity contribution in [3.8, 4) is 11.8 Å². The second-order valence-electron chi connectivity index (χ2n) is 9.59. The molecule has 2 bridgehead atoms. The zero-order valence-corrected chi connectivity index (χ0v) is 19.4. The highest BCUT2D eigenvalue weighted by Crippen LogP contribution is 2.44. The van der Waals surface area contributed by atoms with Crippen molar-refractivity contribution in [2.45, 2.75) is 102 Å². The summed E-state index contributed by atoms with van der Waals surface area (Å²) in [5, 5.41) is 0. The summed E-state index contributed by atoms with van der Waals surface area (Å²) in [7, 11) is 1.65. The van der Waals surface area contributed by atoms with Crippen molar-refractivity contribution in [2.75, 3.05) is 27.1 Å². The first-order chi connectivity index (χ1) is 14.2. The van der Waals surface area contributed by atoms with Gasteiger partial charge in [-0.05, 0) is 59.5 Å². The van der Waals surface area contributed by atoms with Gasteiger partial charge in [0.25, 0.3) is 0 Å². The Bertz CT molecular complexity index is 677. The van der Waals surface area contributed by atoms with Crippen LogP contribution in [0.2, 0.25) is 0 Å². The van der Waals surface area contributed by atoms with E-state index in [-0.39, 0.29) is 25.1 Å². The summed E-state index contributed by atoms with van der Waals surface area (Å²) in [6.45, 7) is 11.5. The molecule has 2 fully saturated rings. The number of hydrogen-bond acceptors (Lipinski definition) is 6. The average Bonchev–Trinajstić information content (AvgIpc) is 3.09. The number of ether oxygens (including phenoxy) is 6. The van der Waals surface area contributed by atoms with Crippen molar-refractivity contribution in [1.29, 1.82) is 0 Å². The summed E-state index contributed by atoms with van der Waals surface area (Å²) in [5.41, 5.74) is 0.328. The maximum Gasteiger partial charge on any atom is 0.164 e. The third-order valence-corrected chi connectivity index (χ3v) is 6.25. The van der Waals surface area contributed by atoms with E-state index in [9.17, 15) is 0 Å². The van der Waals surface area contributed by atoms with E-state index in [2.05, 4.69) is 38.7 Å². The molecule has 0 unspecified atom stereocenters. The average molecular weight is 423 g/mol. The first-order valence-corrected chi connectivity index (χ1v) is 11.0. The van der Waals surface area contributed by atoms with Gasteiger partial charge in [-0.2, -0.15) is 0 Å². The molecular formula is C24H38O6. The molecule has 0 spiro atoms. The van der Waals surface area contributed by atoms with Crippen LogP contribution in [0.1, 0.15) is 66.7 Å². The van der Waals surface area contributed by atoms with Crippen molar-refractivity contribution in [3.05, 3.63) is 11.6 Å². The van der Waals surface area contributed by atoms with Crippen LogP contribution in [0.3, 0.4) is 0 Å². The number of methoxy groups -OCH3 is 1. The van der Waals surface area contributed by atoms with E-state index in [1.165, 1.54) is 0 Å². The summed E-state index contributed by atoms with van der Waals surface area (Å²) in [4.78, 5) is 0. The maximum atomic E-state index is 6.45. The van der Waals surface area contributed by atoms with Crippen LogP contribution in [0.5, 0.6) is 0 Å². The molecule has 0 aromatic rings. The van der Waals surface area contributed by atoms with Crippen LogP contribution in [0.15, 0.2) is 11.6 Å². The molecule has 5 atom stereocenters. The monoisotopic (exact) mass is 422 g/mol. The Morgan fingerprint density at radius 2 is 1.93 bits per heavy atom. The zero-order valence-electron chi connectivity index (χ0n) is 19.4. The van der Waals surface area contributed by atoms with E-state index < -0.39 is 17.0 Å². The lowest BCUT2D eigenvalue weighted by Gasteiger charge is -2.34. The fourth-order valence-electron chi connectivity index (χ4n) is 4.83. The fourth-order valence-corrected chi connectivity index (χ4v) is 4.83. The summed E-state index contributed by atoms with van der Waals surface area (Å²) in [6, 6.07) is 0.